The van der Waals surface area contributed by atoms with Crippen molar-refractivity contribution in [2.75, 3.05) is 5.32 Å². The molecule has 0 unspecified atom stereocenters. The van der Waals surface area contributed by atoms with E-state index in [4.69, 9.17) is 9.47 Å². The van der Waals surface area contributed by atoms with Gasteiger partial charge in [0.15, 0.2) is 0 Å². The van der Waals surface area contributed by atoms with Gasteiger partial charge in [-0.25, -0.2) is 9.18 Å². The fraction of sp³-hybridized carbons (Fsp3) is 0.318. The third-order valence-corrected chi connectivity index (χ3v) is 3.94. The number of amides is 1. The highest BCUT2D eigenvalue weighted by Crippen LogP contribution is 2.40. The van der Waals surface area contributed by atoms with Crippen LogP contribution >= 0.6 is 0 Å². The molecule has 2 aromatic rings. The average Bonchev–Trinajstić information content (AvgIpc) is 2.51. The summed E-state index contributed by atoms with van der Waals surface area (Å²) in [7, 11) is 0. The van der Waals surface area contributed by atoms with E-state index in [-0.39, 0.29) is 5.82 Å². The Bertz CT molecular complexity index is 893. The Morgan fingerprint density at radius 3 is 2.41 bits per heavy atom. The van der Waals surface area contributed by atoms with Gasteiger partial charge < -0.3 is 9.47 Å². The van der Waals surface area contributed by atoms with Crippen LogP contribution in [-0.2, 0) is 4.74 Å². The molecule has 1 N–H and O–H groups in total. The lowest BCUT2D eigenvalue weighted by molar-refractivity contribution is 0.0636. The van der Waals surface area contributed by atoms with E-state index in [0.29, 0.717) is 11.4 Å². The molecule has 0 atom stereocenters. The number of nitrogens with one attached hydrogen (secondary N) is 1. The lowest BCUT2D eigenvalue weighted by atomic mass is 9.90. The number of carbonyl (C=O) groups excluding carboxylic acids is 1. The van der Waals surface area contributed by atoms with Gasteiger partial charge in [0.2, 0.25) is 0 Å². The van der Waals surface area contributed by atoms with Gasteiger partial charge in [-0.1, -0.05) is 12.1 Å². The second-order valence-corrected chi connectivity index (χ2v) is 8.11. The highest BCUT2D eigenvalue weighted by molar-refractivity contribution is 5.89. The molecule has 0 saturated carbocycles. The minimum atomic E-state index is -0.574. The van der Waals surface area contributed by atoms with Crippen LogP contribution in [0.25, 0.3) is 5.57 Å². The molecule has 0 spiro atoms. The lowest BCUT2D eigenvalue weighted by Gasteiger charge is -2.31. The van der Waals surface area contributed by atoms with E-state index in [1.54, 1.807) is 24.3 Å². The standard InChI is InChI=1S/C22H24FNO3/c1-21(2,3)27-20(25)24-16-10-11-17-18(14-6-8-15(23)9-7-14)13-22(4,5)26-19(17)12-16/h6-13H,1-5H3,(H,24,25). The van der Waals surface area contributed by atoms with Crippen molar-refractivity contribution in [1.82, 2.24) is 0 Å². The smallest absolute Gasteiger partial charge is 0.412 e. The third-order valence-electron chi connectivity index (χ3n) is 3.94. The van der Waals surface area contributed by atoms with Gasteiger partial charge in [-0.2, -0.15) is 0 Å². The predicted octanol–water partition coefficient (Wildman–Crippen LogP) is 5.78. The summed E-state index contributed by atoms with van der Waals surface area (Å²) in [5, 5.41) is 2.73. The van der Waals surface area contributed by atoms with Crippen LogP contribution in [0.2, 0.25) is 0 Å². The van der Waals surface area contributed by atoms with Crippen LogP contribution in [0.1, 0.15) is 45.7 Å². The van der Waals surface area contributed by atoms with E-state index < -0.39 is 17.3 Å². The second kappa shape index (κ2) is 6.72. The fourth-order valence-electron chi connectivity index (χ4n) is 2.93. The number of anilines is 1. The molecule has 0 aromatic heterocycles. The molecular weight excluding hydrogens is 345 g/mol. The van der Waals surface area contributed by atoms with Crippen molar-refractivity contribution in [3.05, 3.63) is 65.5 Å². The van der Waals surface area contributed by atoms with E-state index in [0.717, 1.165) is 16.7 Å². The molecule has 0 bridgehead atoms. The Labute approximate surface area is 159 Å². The zero-order valence-electron chi connectivity index (χ0n) is 16.2. The highest BCUT2D eigenvalue weighted by Gasteiger charge is 2.28. The van der Waals surface area contributed by atoms with E-state index in [1.165, 1.54) is 12.1 Å². The van der Waals surface area contributed by atoms with Crippen molar-refractivity contribution in [2.45, 2.75) is 45.8 Å². The fourth-order valence-corrected chi connectivity index (χ4v) is 2.93. The molecular formula is C22H24FNO3. The number of hydrogen-bond acceptors (Lipinski definition) is 3. The largest absolute Gasteiger partial charge is 0.483 e. The van der Waals surface area contributed by atoms with Crippen LogP contribution in [0.5, 0.6) is 5.75 Å². The Balaban J connectivity index is 1.93. The first-order valence-electron chi connectivity index (χ1n) is 8.85. The zero-order chi connectivity index (χ0) is 19.8. The number of hydrogen-bond donors (Lipinski definition) is 1. The van der Waals surface area contributed by atoms with Gasteiger partial charge in [-0.05, 0) is 76.1 Å². The van der Waals surface area contributed by atoms with Crippen molar-refractivity contribution in [1.29, 1.82) is 0 Å². The molecule has 27 heavy (non-hydrogen) atoms. The van der Waals surface area contributed by atoms with Crippen molar-refractivity contribution < 1.29 is 18.7 Å². The molecule has 0 saturated heterocycles. The van der Waals surface area contributed by atoms with Crippen LogP contribution in [0, 0.1) is 5.82 Å². The van der Waals surface area contributed by atoms with Crippen LogP contribution in [-0.4, -0.2) is 17.3 Å². The van der Waals surface area contributed by atoms with Crippen LogP contribution in [0.15, 0.2) is 48.5 Å². The van der Waals surface area contributed by atoms with E-state index in [2.05, 4.69) is 5.32 Å². The summed E-state index contributed by atoms with van der Waals surface area (Å²) in [6, 6.07) is 11.8. The summed E-state index contributed by atoms with van der Waals surface area (Å²) in [6.45, 7) is 9.33. The monoisotopic (exact) mass is 369 g/mol. The summed E-state index contributed by atoms with van der Waals surface area (Å²) in [4.78, 5) is 12.0. The molecule has 3 rings (SSSR count). The minimum Gasteiger partial charge on any atom is -0.483 e. The maximum absolute atomic E-state index is 13.3. The van der Waals surface area contributed by atoms with Crippen molar-refractivity contribution in [3.8, 4) is 5.75 Å². The Hall–Kier alpha value is -2.82. The summed E-state index contributed by atoms with van der Waals surface area (Å²) in [5.41, 5.74) is 2.22. The number of fused-ring (bicyclic) bond motifs is 1. The molecule has 5 heteroatoms. The molecule has 1 aliphatic rings. The van der Waals surface area contributed by atoms with Gasteiger partial charge in [0.05, 0.1) is 0 Å². The van der Waals surface area contributed by atoms with Gasteiger partial charge in [0, 0.05) is 17.3 Å². The van der Waals surface area contributed by atoms with Gasteiger partial charge in [-0.3, -0.25) is 5.32 Å². The van der Waals surface area contributed by atoms with Gasteiger partial charge in [0.25, 0.3) is 0 Å². The van der Waals surface area contributed by atoms with Crippen molar-refractivity contribution >= 4 is 17.4 Å². The Kier molecular flexibility index (Phi) is 4.72. The quantitative estimate of drug-likeness (QED) is 0.730. The Morgan fingerprint density at radius 2 is 1.78 bits per heavy atom. The zero-order valence-corrected chi connectivity index (χ0v) is 16.2. The predicted molar refractivity (Wildman–Crippen MR) is 104 cm³/mol. The van der Waals surface area contributed by atoms with E-state index in [1.807, 2.05) is 46.8 Å². The molecule has 1 amide bonds. The first-order valence-corrected chi connectivity index (χ1v) is 8.85. The maximum Gasteiger partial charge on any atom is 0.412 e. The molecule has 1 heterocycles. The first-order chi connectivity index (χ1) is 12.5. The first kappa shape index (κ1) is 19.0. The third kappa shape index (κ3) is 4.67. The molecule has 4 nitrogen and oxygen atoms in total. The normalized spacial score (nSPS) is 15.3. The molecule has 0 radical (unpaired) electrons. The summed E-state index contributed by atoms with van der Waals surface area (Å²) < 4.78 is 24.7. The maximum atomic E-state index is 13.3. The number of benzene rings is 2. The van der Waals surface area contributed by atoms with Crippen LogP contribution in [0.4, 0.5) is 14.9 Å². The lowest BCUT2D eigenvalue weighted by Crippen LogP contribution is -2.29. The van der Waals surface area contributed by atoms with Crippen LogP contribution in [0.3, 0.4) is 0 Å². The number of ether oxygens (including phenoxy) is 2. The summed E-state index contributed by atoms with van der Waals surface area (Å²) >= 11 is 0. The van der Waals surface area contributed by atoms with E-state index >= 15 is 0 Å². The van der Waals surface area contributed by atoms with Gasteiger partial charge >= 0.3 is 6.09 Å². The molecule has 1 aliphatic heterocycles. The van der Waals surface area contributed by atoms with Crippen LogP contribution < -0.4 is 10.1 Å². The summed E-state index contributed by atoms with van der Waals surface area (Å²) in [5.74, 6) is 0.373. The molecule has 0 fully saturated rings. The molecule has 0 aliphatic carbocycles. The highest BCUT2D eigenvalue weighted by atomic mass is 19.1. The summed E-state index contributed by atoms with van der Waals surface area (Å²) in [6.07, 6.45) is 1.50. The average molecular weight is 369 g/mol. The van der Waals surface area contributed by atoms with Crippen molar-refractivity contribution in [2.24, 2.45) is 0 Å². The topological polar surface area (TPSA) is 47.6 Å². The van der Waals surface area contributed by atoms with Gasteiger partial charge in [-0.15, -0.1) is 0 Å². The van der Waals surface area contributed by atoms with E-state index in [9.17, 15) is 9.18 Å². The minimum absolute atomic E-state index is 0.275. The SMILES string of the molecule is CC(C)(C)OC(=O)Nc1ccc2c(c1)OC(C)(C)C=C2c1ccc(F)cc1. The Morgan fingerprint density at radius 1 is 1.11 bits per heavy atom. The number of rotatable bonds is 2. The van der Waals surface area contributed by atoms with Crippen molar-refractivity contribution in [3.63, 3.8) is 0 Å². The number of carbonyl (C=O) groups is 1. The van der Waals surface area contributed by atoms with Gasteiger partial charge in [0.1, 0.15) is 22.8 Å². The molecule has 142 valence electrons. The second-order valence-electron chi connectivity index (χ2n) is 8.11. The molecule has 2 aromatic carbocycles. The number of halogens is 1.